The smallest absolute Gasteiger partial charge is 0.341 e. The monoisotopic (exact) mass is 1570 g/mol. The molecule has 112 heavy (non-hydrogen) atoms. The predicted octanol–water partition coefficient (Wildman–Crippen LogP) is 12.2. The zero-order chi connectivity index (χ0) is 82.2. The molecule has 11 rings (SSSR count). The molecule has 6 aromatic carbocycles. The first kappa shape index (κ1) is 88.6. The number of hydrogen-bond acceptors (Lipinski definition) is 25. The van der Waals surface area contributed by atoms with Crippen LogP contribution in [0.2, 0.25) is 0 Å². The highest BCUT2D eigenvalue weighted by Crippen LogP contribution is 2.58. The molecule has 0 bridgehead atoms. The first-order valence-corrected chi connectivity index (χ1v) is 33.3. The molecule has 596 valence electrons. The van der Waals surface area contributed by atoms with Gasteiger partial charge in [-0.1, -0.05) is 0 Å². The number of amides is 1. The highest BCUT2D eigenvalue weighted by Gasteiger charge is 2.63. The second-order valence-corrected chi connectivity index (χ2v) is 24.1. The fourth-order valence-electron chi connectivity index (χ4n) is 10.7. The molecule has 27 nitrogen and oxygen atoms in total. The van der Waals surface area contributed by atoms with Crippen LogP contribution in [0.3, 0.4) is 0 Å². The number of carboxylic acids is 1. The lowest BCUT2D eigenvalue weighted by molar-refractivity contribution is -0.139. The van der Waals surface area contributed by atoms with Gasteiger partial charge in [0.15, 0.2) is 38.7 Å². The van der Waals surface area contributed by atoms with Crippen molar-refractivity contribution in [1.29, 1.82) is 5.26 Å². The molecule has 3 heterocycles. The number of rotatable bonds is 27. The van der Waals surface area contributed by atoms with E-state index in [4.69, 9.17) is 53.4 Å². The third kappa shape index (κ3) is 25.7. The van der Waals surface area contributed by atoms with E-state index in [2.05, 4.69) is 49.2 Å². The number of aliphatic hydroxyl groups excluding tert-OH is 1. The van der Waals surface area contributed by atoms with Gasteiger partial charge in [0.05, 0.1) is 88.3 Å². The predicted molar refractivity (Wildman–Crippen MR) is 384 cm³/mol. The molecule has 34 heteroatoms. The van der Waals surface area contributed by atoms with E-state index < -0.39 is 75.5 Å². The maximum absolute atomic E-state index is 14.0. The number of esters is 2. The Morgan fingerprint density at radius 3 is 1.36 bits per heavy atom. The van der Waals surface area contributed by atoms with E-state index in [-0.39, 0.29) is 105 Å². The van der Waals surface area contributed by atoms with Gasteiger partial charge in [-0.2, -0.15) is 5.26 Å². The zero-order valence-corrected chi connectivity index (χ0v) is 62.2. The van der Waals surface area contributed by atoms with Crippen molar-refractivity contribution in [2.75, 3.05) is 88.4 Å². The van der Waals surface area contributed by atoms with Crippen LogP contribution in [0.1, 0.15) is 78.8 Å². The number of carboxylic acid groups (broad SMARTS) is 1. The maximum atomic E-state index is 14.0. The largest absolute Gasteiger partial charge is 0.508 e. The number of phenols is 2. The van der Waals surface area contributed by atoms with Crippen LogP contribution in [-0.2, 0) is 61.9 Å². The zero-order valence-electron chi connectivity index (χ0n) is 62.2. The number of carbonyl (C=O) groups is 4. The standard InChI is InChI=1S/C22H20F2N4O3.C19H21FN2O5.C10H10FNO2.C10H11FO4.C9H11FO3.C8H7FO3/c1-12-19(10-25-13(2)27-12)31-11-22(16-7-14(23)3-5-18(16)29)8-17(22)21(30)28-20-6-4-15(24)9-26-20;1-11-17(8-21-12(2)22-11)26-9-19(7-15(19)18(23)24)14-6-13(20)4-5-16(14)27-10-25-3;1-13-7-14-10-3-2-9(11)6-8(10)4-5-12;1-13-6-15-9-4-3-7(11)5-8(9)10(12)14-2;1-12-6-13-9-3-2-8(10)4-7(9)5-11;1-12-8(11)6-4-5(9)2-3-7(6)10/h3-7,9-10,17,29H,8,11H2,1-2H3,(H,26,28,30);4-6,8,15H,7,9-10H2,1-3H3,(H,23,24);2-3,6H,4,7H2,1H3;3-5H,6H2,1-2H3;2-4,11H,5-6H2,1H3;2-4,10H,1H3/t17-,22+;15-,19+;;;;/m00..../s1. The normalized spacial score (nSPS) is 15.2. The van der Waals surface area contributed by atoms with Crippen molar-refractivity contribution in [3.63, 3.8) is 0 Å². The van der Waals surface area contributed by atoms with E-state index in [1.807, 2.05) is 6.07 Å². The summed E-state index contributed by atoms with van der Waals surface area (Å²) in [7, 11) is 8.27. The number of pyridine rings is 1. The van der Waals surface area contributed by atoms with Crippen molar-refractivity contribution < 1.29 is 127 Å². The van der Waals surface area contributed by atoms with Gasteiger partial charge in [0.25, 0.3) is 0 Å². The quantitative estimate of drug-likeness (QED) is 0.0181. The molecule has 3 aromatic heterocycles. The first-order chi connectivity index (χ1) is 53.5. The minimum atomic E-state index is -0.961. The molecule has 0 aliphatic heterocycles. The third-order valence-corrected chi connectivity index (χ3v) is 16.3. The van der Waals surface area contributed by atoms with Gasteiger partial charge in [0, 0.05) is 61.5 Å². The molecule has 4 atom stereocenters. The van der Waals surface area contributed by atoms with Crippen LogP contribution in [0, 0.1) is 91.6 Å². The second kappa shape index (κ2) is 43.2. The van der Waals surface area contributed by atoms with Gasteiger partial charge < -0.3 is 82.6 Å². The Morgan fingerprint density at radius 1 is 0.473 bits per heavy atom. The molecule has 1 amide bonds. The molecule has 2 aliphatic carbocycles. The Morgan fingerprint density at radius 2 is 0.884 bits per heavy atom. The summed E-state index contributed by atoms with van der Waals surface area (Å²) in [5, 5.41) is 49.0. The number of methoxy groups -OCH3 is 6. The second-order valence-electron chi connectivity index (χ2n) is 24.1. The fraction of sp³-hybridized carbons (Fsp3) is 0.308. The van der Waals surface area contributed by atoms with Crippen LogP contribution in [-0.4, -0.2) is 152 Å². The van der Waals surface area contributed by atoms with Crippen molar-refractivity contribution in [3.05, 3.63) is 237 Å². The number of nitrogens with one attached hydrogen (secondary N) is 1. The average Bonchev–Trinajstić information content (AvgIpc) is 1.57. The number of anilines is 1. The molecular weight excluding hydrogens is 1490 g/mol. The van der Waals surface area contributed by atoms with Gasteiger partial charge in [0.2, 0.25) is 5.91 Å². The van der Waals surface area contributed by atoms with Gasteiger partial charge >= 0.3 is 17.9 Å². The molecule has 0 unspecified atom stereocenters. The van der Waals surface area contributed by atoms with Crippen molar-refractivity contribution >= 4 is 29.6 Å². The Labute approximate surface area is 638 Å². The van der Waals surface area contributed by atoms with E-state index >= 15 is 0 Å². The van der Waals surface area contributed by atoms with E-state index in [1.165, 1.54) is 133 Å². The molecular formula is C78H80F7N7O20. The van der Waals surface area contributed by atoms with Crippen LogP contribution in [0.25, 0.3) is 0 Å². The Kier molecular flexibility index (Phi) is 34.2. The third-order valence-electron chi connectivity index (χ3n) is 16.3. The Hall–Kier alpha value is -12.3. The SMILES string of the molecule is COC(=O)c1cc(F)ccc1O.COCOc1ccc(F)cc1C(=O)OC.COCOc1ccc(F)cc1CC#N.COCOc1ccc(F)cc1CO.COCOc1ccc(F)cc1[C@]1(COc2cnc(C)nc2C)C[C@H]1C(=O)O.Cc1ncc(OC[C@@]2(c3cc(F)ccc3O)C[C@H]2C(=O)Nc2ccc(F)cn2)c(C)n1. The highest BCUT2D eigenvalue weighted by molar-refractivity contribution is 5.96. The molecule has 2 aliphatic rings. The summed E-state index contributed by atoms with van der Waals surface area (Å²) in [6.07, 6.45) is 4.85. The molecule has 5 N–H and O–H groups in total. The average molecular weight is 1570 g/mol. The number of aliphatic hydroxyl groups is 1. The number of benzene rings is 6. The maximum Gasteiger partial charge on any atom is 0.341 e. The van der Waals surface area contributed by atoms with Gasteiger partial charge in [-0.15, -0.1) is 0 Å². The number of carbonyl (C=O) groups excluding carboxylic acids is 3. The number of ether oxygens (including phenoxy) is 12. The number of hydrogen-bond donors (Lipinski definition) is 5. The van der Waals surface area contributed by atoms with Gasteiger partial charge in [-0.3, -0.25) is 9.59 Å². The molecule has 0 saturated heterocycles. The summed E-state index contributed by atoms with van der Waals surface area (Å²) in [5.41, 5.74) is 0.988. The number of aliphatic carboxylic acids is 1. The number of halogens is 7. The van der Waals surface area contributed by atoms with Gasteiger partial charge in [-0.05, 0) is 162 Å². The lowest BCUT2D eigenvalue weighted by Gasteiger charge is -2.21. The lowest BCUT2D eigenvalue weighted by atomic mass is 9.92. The first-order valence-electron chi connectivity index (χ1n) is 33.3. The summed E-state index contributed by atoms with van der Waals surface area (Å²) in [6.45, 7) is 7.00. The molecule has 2 saturated carbocycles. The summed E-state index contributed by atoms with van der Waals surface area (Å²) in [4.78, 5) is 67.1. The van der Waals surface area contributed by atoms with Crippen LogP contribution in [0.15, 0.2) is 140 Å². The van der Waals surface area contributed by atoms with E-state index in [1.54, 1.807) is 33.9 Å². The summed E-state index contributed by atoms with van der Waals surface area (Å²) < 4.78 is 152. The minimum Gasteiger partial charge on any atom is -0.508 e. The van der Waals surface area contributed by atoms with Crippen molar-refractivity contribution in [2.45, 2.75) is 64.4 Å². The van der Waals surface area contributed by atoms with Crippen LogP contribution >= 0.6 is 0 Å². The topological polar surface area (TPSA) is 360 Å². The molecule has 0 spiro atoms. The van der Waals surface area contributed by atoms with E-state index in [9.17, 15) is 60.1 Å². The summed E-state index contributed by atoms with van der Waals surface area (Å²) >= 11 is 0. The summed E-state index contributed by atoms with van der Waals surface area (Å²) in [5.74, 6) is -4.07. The van der Waals surface area contributed by atoms with Crippen LogP contribution in [0.4, 0.5) is 36.6 Å². The summed E-state index contributed by atoms with van der Waals surface area (Å²) in [6, 6.07) is 26.8. The Bertz CT molecular complexity index is 4700. The number of aromatic nitrogens is 5. The number of nitrogens with zero attached hydrogens (tertiary/aromatic N) is 6. The highest BCUT2D eigenvalue weighted by atomic mass is 19.2. The number of aryl methyl sites for hydroxylation is 4. The number of aromatic hydroxyl groups is 2. The molecule has 0 radical (unpaired) electrons. The number of nitriles is 1. The van der Waals surface area contributed by atoms with Crippen LogP contribution < -0.4 is 33.7 Å². The van der Waals surface area contributed by atoms with Crippen molar-refractivity contribution in [3.8, 4) is 52.1 Å². The van der Waals surface area contributed by atoms with E-state index in [0.717, 1.165) is 43.6 Å². The lowest BCUT2D eigenvalue weighted by Crippen LogP contribution is -2.27. The van der Waals surface area contributed by atoms with Crippen LogP contribution in [0.5, 0.6) is 46.0 Å². The fourth-order valence-corrected chi connectivity index (χ4v) is 10.7. The molecule has 2 fully saturated rings. The van der Waals surface area contributed by atoms with Gasteiger partial charge in [0.1, 0.15) is 104 Å². The van der Waals surface area contributed by atoms with Gasteiger partial charge in [-0.25, -0.2) is 65.2 Å². The van der Waals surface area contributed by atoms with E-state index in [0.29, 0.717) is 81.3 Å². The number of phenolic OH excluding ortho intramolecular Hbond substituents is 2. The van der Waals surface area contributed by atoms with Crippen molar-refractivity contribution in [2.24, 2.45) is 11.8 Å². The van der Waals surface area contributed by atoms with Crippen molar-refractivity contribution in [1.82, 2.24) is 24.9 Å². The Balaban J connectivity index is 0.000000219. The molecule has 9 aromatic rings. The minimum absolute atomic E-state index is 0.00616.